The zero-order chi connectivity index (χ0) is 18.2. The summed E-state index contributed by atoms with van der Waals surface area (Å²) >= 11 is 0. The van der Waals surface area contributed by atoms with Gasteiger partial charge in [0.25, 0.3) is 0 Å². The number of carbonyl (C=O) groups is 3. The quantitative estimate of drug-likeness (QED) is 0.794. The van der Waals surface area contributed by atoms with Gasteiger partial charge in [-0.25, -0.2) is 0 Å². The van der Waals surface area contributed by atoms with E-state index < -0.39 is 11.0 Å². The van der Waals surface area contributed by atoms with E-state index in [4.69, 9.17) is 0 Å². The number of Topliss-reactive ketones (excluding diaryl/α,β-unsaturated/α-hetero) is 2. The topological polar surface area (TPSA) is 71.4 Å². The van der Waals surface area contributed by atoms with Gasteiger partial charge in [0.2, 0.25) is 0 Å². The summed E-state index contributed by atoms with van der Waals surface area (Å²) in [5.74, 6) is 0.373. The molecule has 4 rings (SSSR count). The van der Waals surface area contributed by atoms with Crippen molar-refractivity contribution in [2.45, 2.75) is 71.3 Å². The molecule has 0 aromatic heterocycles. The van der Waals surface area contributed by atoms with E-state index >= 15 is 0 Å². The first-order chi connectivity index (χ1) is 11.6. The minimum absolute atomic E-state index is 0.0555. The monoisotopic (exact) mass is 344 g/mol. The SMILES string of the molecule is CC(=O)[C@@]1(O)CC[C@H]2[C@@H]3C(=O)C=C4CC(=O)CC[C@]4(C)[C@H]3CC[C@@]21C. The highest BCUT2D eigenvalue weighted by Crippen LogP contribution is 2.66. The Morgan fingerprint density at radius 1 is 1.12 bits per heavy atom. The van der Waals surface area contributed by atoms with Crippen LogP contribution >= 0.6 is 0 Å². The molecule has 1 N–H and O–H groups in total. The summed E-state index contributed by atoms with van der Waals surface area (Å²) in [5.41, 5.74) is -0.860. The second kappa shape index (κ2) is 5.12. The van der Waals surface area contributed by atoms with Gasteiger partial charge in [0, 0.05) is 24.2 Å². The molecule has 4 aliphatic rings. The van der Waals surface area contributed by atoms with Crippen molar-refractivity contribution in [3.8, 4) is 0 Å². The van der Waals surface area contributed by atoms with Gasteiger partial charge >= 0.3 is 0 Å². The Morgan fingerprint density at radius 3 is 2.48 bits per heavy atom. The van der Waals surface area contributed by atoms with Gasteiger partial charge in [0.05, 0.1) is 0 Å². The van der Waals surface area contributed by atoms with Gasteiger partial charge in [-0.2, -0.15) is 0 Å². The molecule has 0 amide bonds. The van der Waals surface area contributed by atoms with Crippen LogP contribution in [0, 0.1) is 28.6 Å². The minimum Gasteiger partial charge on any atom is -0.382 e. The van der Waals surface area contributed by atoms with Crippen molar-refractivity contribution in [1.29, 1.82) is 0 Å². The molecule has 3 saturated carbocycles. The Labute approximate surface area is 149 Å². The van der Waals surface area contributed by atoms with Crippen LogP contribution in [0.5, 0.6) is 0 Å². The molecule has 25 heavy (non-hydrogen) atoms. The third kappa shape index (κ3) is 2.00. The van der Waals surface area contributed by atoms with Crippen molar-refractivity contribution in [1.82, 2.24) is 0 Å². The van der Waals surface area contributed by atoms with Gasteiger partial charge < -0.3 is 5.11 Å². The van der Waals surface area contributed by atoms with E-state index in [1.165, 1.54) is 6.92 Å². The molecule has 6 atom stereocenters. The maximum atomic E-state index is 13.0. The van der Waals surface area contributed by atoms with Crippen LogP contribution in [0.1, 0.15) is 65.7 Å². The average molecular weight is 344 g/mol. The lowest BCUT2D eigenvalue weighted by Crippen LogP contribution is -2.58. The van der Waals surface area contributed by atoms with Crippen LogP contribution in [0.2, 0.25) is 0 Å². The summed E-state index contributed by atoms with van der Waals surface area (Å²) in [6.45, 7) is 5.72. The van der Waals surface area contributed by atoms with Crippen molar-refractivity contribution in [3.63, 3.8) is 0 Å². The maximum Gasteiger partial charge on any atom is 0.161 e. The molecule has 0 bridgehead atoms. The van der Waals surface area contributed by atoms with Crippen molar-refractivity contribution < 1.29 is 19.5 Å². The predicted molar refractivity (Wildman–Crippen MR) is 92.7 cm³/mol. The van der Waals surface area contributed by atoms with E-state index in [-0.39, 0.29) is 40.5 Å². The predicted octanol–water partition coefficient (Wildman–Crippen LogP) is 3.02. The van der Waals surface area contributed by atoms with Crippen LogP contribution < -0.4 is 0 Å². The fraction of sp³-hybridized carbons (Fsp3) is 0.762. The molecule has 0 saturated heterocycles. The number of fused-ring (bicyclic) bond motifs is 5. The summed E-state index contributed by atoms with van der Waals surface area (Å²) in [7, 11) is 0. The first-order valence-electron chi connectivity index (χ1n) is 9.63. The third-order valence-electron chi connectivity index (χ3n) is 8.51. The summed E-state index contributed by atoms with van der Waals surface area (Å²) < 4.78 is 0. The Balaban J connectivity index is 1.77. The van der Waals surface area contributed by atoms with Crippen molar-refractivity contribution in [3.05, 3.63) is 11.6 Å². The van der Waals surface area contributed by atoms with Crippen LogP contribution in [0.4, 0.5) is 0 Å². The molecule has 0 heterocycles. The number of allylic oxidation sites excluding steroid dienone is 2. The van der Waals surface area contributed by atoms with Gasteiger partial charge in [-0.05, 0) is 62.4 Å². The molecular weight excluding hydrogens is 316 g/mol. The molecule has 3 fully saturated rings. The lowest BCUT2D eigenvalue weighted by molar-refractivity contribution is -0.162. The largest absolute Gasteiger partial charge is 0.382 e. The average Bonchev–Trinajstić information content (AvgIpc) is 2.82. The van der Waals surface area contributed by atoms with Gasteiger partial charge in [-0.15, -0.1) is 0 Å². The fourth-order valence-electron chi connectivity index (χ4n) is 6.82. The van der Waals surface area contributed by atoms with E-state index in [1.807, 2.05) is 6.92 Å². The first kappa shape index (κ1) is 17.1. The second-order valence-corrected chi connectivity index (χ2v) is 9.35. The summed E-state index contributed by atoms with van der Waals surface area (Å²) in [4.78, 5) is 37.2. The summed E-state index contributed by atoms with van der Waals surface area (Å²) in [6.07, 6.45) is 6.42. The van der Waals surface area contributed by atoms with Gasteiger partial charge in [-0.3, -0.25) is 14.4 Å². The van der Waals surface area contributed by atoms with Crippen LogP contribution in [-0.4, -0.2) is 28.1 Å². The van der Waals surface area contributed by atoms with Crippen molar-refractivity contribution in [2.24, 2.45) is 28.6 Å². The highest BCUT2D eigenvalue weighted by Gasteiger charge is 2.66. The molecule has 0 aliphatic heterocycles. The molecule has 4 aliphatic carbocycles. The highest BCUT2D eigenvalue weighted by molar-refractivity contribution is 5.97. The number of hydrogen-bond acceptors (Lipinski definition) is 4. The number of aliphatic hydroxyl groups is 1. The molecular formula is C21H28O4. The standard InChI is InChI=1S/C21H28O4/c1-12(22)21(25)9-6-16-18-15(5-8-20(16,21)3)19(2)7-4-14(23)10-13(19)11-17(18)24/h11,15-16,18,25H,4-10H2,1-3H3/t15-,16-,18+,19-,20-,21-/m0/s1. The minimum atomic E-state index is -1.30. The number of ketones is 3. The van der Waals surface area contributed by atoms with Crippen molar-refractivity contribution >= 4 is 17.3 Å². The lowest BCUT2D eigenvalue weighted by atomic mass is 9.46. The molecule has 4 nitrogen and oxygen atoms in total. The van der Waals surface area contributed by atoms with E-state index in [9.17, 15) is 19.5 Å². The maximum absolute atomic E-state index is 13.0. The Kier molecular flexibility index (Phi) is 3.51. The van der Waals surface area contributed by atoms with E-state index in [0.717, 1.165) is 31.3 Å². The Morgan fingerprint density at radius 2 is 1.80 bits per heavy atom. The van der Waals surface area contributed by atoms with Gasteiger partial charge in [0.1, 0.15) is 11.4 Å². The summed E-state index contributed by atoms with van der Waals surface area (Å²) in [6, 6.07) is 0. The molecule has 4 heteroatoms. The lowest BCUT2D eigenvalue weighted by Gasteiger charge is -2.57. The highest BCUT2D eigenvalue weighted by atomic mass is 16.3. The fourth-order valence-corrected chi connectivity index (χ4v) is 6.82. The molecule has 0 radical (unpaired) electrons. The van der Waals surface area contributed by atoms with E-state index in [0.29, 0.717) is 19.3 Å². The smallest absolute Gasteiger partial charge is 0.161 e. The number of carbonyl (C=O) groups excluding carboxylic acids is 3. The zero-order valence-corrected chi connectivity index (χ0v) is 15.4. The normalized spacial score (nSPS) is 49.1. The number of rotatable bonds is 1. The molecule has 0 aromatic carbocycles. The molecule has 0 unspecified atom stereocenters. The van der Waals surface area contributed by atoms with Crippen molar-refractivity contribution in [2.75, 3.05) is 0 Å². The Bertz CT molecular complexity index is 707. The van der Waals surface area contributed by atoms with Crippen LogP contribution in [0.15, 0.2) is 11.6 Å². The second-order valence-electron chi connectivity index (χ2n) is 9.35. The molecule has 136 valence electrons. The van der Waals surface area contributed by atoms with Gasteiger partial charge in [0.15, 0.2) is 11.6 Å². The molecule has 0 aromatic rings. The first-order valence-corrected chi connectivity index (χ1v) is 9.63. The van der Waals surface area contributed by atoms with Crippen LogP contribution in [0.25, 0.3) is 0 Å². The van der Waals surface area contributed by atoms with Crippen LogP contribution in [0.3, 0.4) is 0 Å². The number of hydrogen-bond donors (Lipinski definition) is 1. The van der Waals surface area contributed by atoms with Crippen LogP contribution in [-0.2, 0) is 14.4 Å². The van der Waals surface area contributed by atoms with Gasteiger partial charge in [-0.1, -0.05) is 19.4 Å². The van der Waals surface area contributed by atoms with E-state index in [1.54, 1.807) is 6.08 Å². The zero-order valence-electron chi connectivity index (χ0n) is 15.4. The van der Waals surface area contributed by atoms with E-state index in [2.05, 4.69) is 6.92 Å². The summed E-state index contributed by atoms with van der Waals surface area (Å²) in [5, 5.41) is 11.1. The third-order valence-corrected chi connectivity index (χ3v) is 8.51. The Hall–Kier alpha value is -1.29. The molecule has 0 spiro atoms.